The number of aromatic nitrogens is 2. The highest BCUT2D eigenvalue weighted by Gasteiger charge is 2.28. The lowest BCUT2D eigenvalue weighted by Crippen LogP contribution is -2.33. The van der Waals surface area contributed by atoms with Crippen molar-refractivity contribution in [1.82, 2.24) is 14.5 Å². The Balaban J connectivity index is 1.67. The van der Waals surface area contributed by atoms with Crippen LogP contribution in [0.4, 0.5) is 5.69 Å². The van der Waals surface area contributed by atoms with E-state index in [9.17, 15) is 14.9 Å². The molecule has 0 aliphatic heterocycles. The Morgan fingerprint density at radius 2 is 2.11 bits per heavy atom. The van der Waals surface area contributed by atoms with Crippen LogP contribution in [0.5, 0.6) is 0 Å². The van der Waals surface area contributed by atoms with Crippen LogP contribution in [-0.4, -0.2) is 32.3 Å². The summed E-state index contributed by atoms with van der Waals surface area (Å²) in [5, 5.41) is 11.6. The fraction of sp³-hybridized carbons (Fsp3) is 0.238. The summed E-state index contributed by atoms with van der Waals surface area (Å²) in [4.78, 5) is 29.8. The van der Waals surface area contributed by atoms with Crippen LogP contribution in [-0.2, 0) is 6.42 Å². The number of hydrogen-bond acceptors (Lipinski definition) is 4. The zero-order chi connectivity index (χ0) is 19.7. The number of amides is 1. The minimum absolute atomic E-state index is 0.0233. The topological polar surface area (TPSA) is 81.3 Å². The van der Waals surface area contributed by atoms with Crippen LogP contribution in [0.25, 0.3) is 5.69 Å². The molecule has 4 rings (SSSR count). The van der Waals surface area contributed by atoms with E-state index in [2.05, 4.69) is 17.1 Å². The summed E-state index contributed by atoms with van der Waals surface area (Å²) in [7, 11) is 1.77. The SMILES string of the molecule is CN(C(=O)c1ccc(-n2ccnc2)c([N+](=O)[O-])c1)C1CCCc2ccccc21. The summed E-state index contributed by atoms with van der Waals surface area (Å²) >= 11 is 0. The number of carbonyl (C=O) groups is 1. The molecular formula is C21H20N4O3. The van der Waals surface area contributed by atoms with Crippen LogP contribution in [0.3, 0.4) is 0 Å². The van der Waals surface area contributed by atoms with Gasteiger partial charge in [-0.15, -0.1) is 0 Å². The van der Waals surface area contributed by atoms with Gasteiger partial charge in [-0.1, -0.05) is 24.3 Å². The third-order valence-corrected chi connectivity index (χ3v) is 5.33. The van der Waals surface area contributed by atoms with Crippen molar-refractivity contribution in [3.63, 3.8) is 0 Å². The van der Waals surface area contributed by atoms with Crippen molar-refractivity contribution in [3.05, 3.63) is 88.0 Å². The quantitative estimate of drug-likeness (QED) is 0.510. The van der Waals surface area contributed by atoms with Crippen molar-refractivity contribution in [1.29, 1.82) is 0 Å². The average molecular weight is 376 g/mol. The molecule has 1 aromatic heterocycles. The van der Waals surface area contributed by atoms with Crippen LogP contribution in [0, 0.1) is 10.1 Å². The Hall–Kier alpha value is -3.48. The smallest absolute Gasteiger partial charge is 0.294 e. The maximum Gasteiger partial charge on any atom is 0.294 e. The molecule has 0 spiro atoms. The zero-order valence-corrected chi connectivity index (χ0v) is 15.5. The number of nitrogens with zero attached hydrogens (tertiary/aromatic N) is 4. The number of fused-ring (bicyclic) bond motifs is 1. The molecule has 1 heterocycles. The molecular weight excluding hydrogens is 356 g/mol. The maximum atomic E-state index is 13.1. The summed E-state index contributed by atoms with van der Waals surface area (Å²) in [6, 6.07) is 12.7. The largest absolute Gasteiger partial charge is 0.335 e. The molecule has 1 aliphatic rings. The van der Waals surface area contributed by atoms with Crippen LogP contribution < -0.4 is 0 Å². The molecule has 2 aromatic carbocycles. The lowest BCUT2D eigenvalue weighted by Gasteiger charge is -2.33. The van der Waals surface area contributed by atoms with Crippen molar-refractivity contribution >= 4 is 11.6 Å². The van der Waals surface area contributed by atoms with E-state index in [-0.39, 0.29) is 17.6 Å². The second-order valence-corrected chi connectivity index (χ2v) is 6.95. The maximum absolute atomic E-state index is 13.1. The fourth-order valence-corrected chi connectivity index (χ4v) is 3.90. The first-order chi connectivity index (χ1) is 13.6. The third kappa shape index (κ3) is 3.15. The van der Waals surface area contributed by atoms with Crippen molar-refractivity contribution in [2.75, 3.05) is 7.05 Å². The summed E-state index contributed by atoms with van der Waals surface area (Å²) in [6.45, 7) is 0. The summed E-state index contributed by atoms with van der Waals surface area (Å²) in [6.07, 6.45) is 7.59. The second-order valence-electron chi connectivity index (χ2n) is 6.95. The molecule has 0 bridgehead atoms. The summed E-state index contributed by atoms with van der Waals surface area (Å²) in [5.74, 6) is -0.220. The highest BCUT2D eigenvalue weighted by molar-refractivity contribution is 5.95. The highest BCUT2D eigenvalue weighted by atomic mass is 16.6. The Morgan fingerprint density at radius 1 is 1.29 bits per heavy atom. The van der Waals surface area contributed by atoms with Crippen LogP contribution in [0.1, 0.15) is 40.4 Å². The second kappa shape index (κ2) is 7.26. The molecule has 1 atom stereocenters. The van der Waals surface area contributed by atoms with Gasteiger partial charge in [-0.3, -0.25) is 14.9 Å². The van der Waals surface area contributed by atoms with E-state index in [1.54, 1.807) is 41.0 Å². The molecule has 7 nitrogen and oxygen atoms in total. The van der Waals surface area contributed by atoms with E-state index in [1.165, 1.54) is 18.0 Å². The Bertz CT molecular complexity index is 1030. The number of aryl methyl sites for hydroxylation is 1. The number of hydrogen-bond donors (Lipinski definition) is 0. The van der Waals surface area contributed by atoms with Crippen LogP contribution in [0.2, 0.25) is 0 Å². The number of imidazole rings is 1. The normalized spacial score (nSPS) is 15.7. The average Bonchev–Trinajstić information content (AvgIpc) is 3.26. The molecule has 1 aliphatic carbocycles. The number of nitro groups is 1. The third-order valence-electron chi connectivity index (χ3n) is 5.33. The molecule has 1 amide bonds. The van der Waals surface area contributed by atoms with Gasteiger partial charge in [0.05, 0.1) is 17.3 Å². The fourth-order valence-electron chi connectivity index (χ4n) is 3.90. The monoisotopic (exact) mass is 376 g/mol. The van der Waals surface area contributed by atoms with Crippen molar-refractivity contribution < 1.29 is 9.72 Å². The van der Waals surface area contributed by atoms with Gasteiger partial charge in [-0.25, -0.2) is 4.98 Å². The predicted molar refractivity (Wildman–Crippen MR) is 104 cm³/mol. The molecule has 3 aromatic rings. The van der Waals surface area contributed by atoms with E-state index in [4.69, 9.17) is 0 Å². The number of nitro benzene ring substituents is 1. The van der Waals surface area contributed by atoms with Gasteiger partial charge in [0.2, 0.25) is 0 Å². The molecule has 28 heavy (non-hydrogen) atoms. The van der Waals surface area contributed by atoms with Gasteiger partial charge in [0.1, 0.15) is 5.69 Å². The van der Waals surface area contributed by atoms with Gasteiger partial charge < -0.3 is 9.47 Å². The molecule has 7 heteroatoms. The first-order valence-electron chi connectivity index (χ1n) is 9.18. The van der Waals surface area contributed by atoms with Gasteiger partial charge in [0, 0.05) is 31.1 Å². The van der Waals surface area contributed by atoms with Crippen LogP contribution >= 0.6 is 0 Å². The van der Waals surface area contributed by atoms with Gasteiger partial charge in [0.25, 0.3) is 11.6 Å². The van der Waals surface area contributed by atoms with E-state index in [1.807, 2.05) is 12.1 Å². The first-order valence-corrected chi connectivity index (χ1v) is 9.18. The molecule has 142 valence electrons. The minimum Gasteiger partial charge on any atom is -0.335 e. The number of rotatable bonds is 4. The molecule has 0 N–H and O–H groups in total. The predicted octanol–water partition coefficient (Wildman–Crippen LogP) is 3.93. The van der Waals surface area contributed by atoms with Gasteiger partial charge in [-0.2, -0.15) is 0 Å². The summed E-state index contributed by atoms with van der Waals surface area (Å²) < 4.78 is 1.56. The van der Waals surface area contributed by atoms with Crippen molar-refractivity contribution in [2.45, 2.75) is 25.3 Å². The van der Waals surface area contributed by atoms with E-state index >= 15 is 0 Å². The van der Waals surface area contributed by atoms with E-state index in [0.29, 0.717) is 11.3 Å². The van der Waals surface area contributed by atoms with E-state index in [0.717, 1.165) is 24.8 Å². The Labute approximate surface area is 162 Å². The molecule has 0 fully saturated rings. The lowest BCUT2D eigenvalue weighted by atomic mass is 9.87. The minimum atomic E-state index is -0.470. The van der Waals surface area contributed by atoms with Gasteiger partial charge in [-0.05, 0) is 42.5 Å². The lowest BCUT2D eigenvalue weighted by molar-refractivity contribution is -0.384. The van der Waals surface area contributed by atoms with E-state index < -0.39 is 4.92 Å². The highest BCUT2D eigenvalue weighted by Crippen LogP contribution is 2.34. The zero-order valence-electron chi connectivity index (χ0n) is 15.5. The number of benzene rings is 2. The van der Waals surface area contributed by atoms with Gasteiger partial charge >= 0.3 is 0 Å². The van der Waals surface area contributed by atoms with Crippen molar-refractivity contribution in [3.8, 4) is 5.69 Å². The van der Waals surface area contributed by atoms with Crippen molar-refractivity contribution in [2.24, 2.45) is 0 Å². The molecule has 0 radical (unpaired) electrons. The molecule has 0 saturated carbocycles. The molecule has 1 unspecified atom stereocenters. The standard InChI is InChI=1S/C21H20N4O3/c1-23(18-8-4-6-15-5-2-3-7-17(15)18)21(26)16-9-10-19(20(13-16)25(27)28)24-12-11-22-14-24/h2-3,5,7,9-14,18H,4,6,8H2,1H3. The van der Waals surface area contributed by atoms with Gasteiger partial charge in [0.15, 0.2) is 0 Å². The van der Waals surface area contributed by atoms with Crippen LogP contribution in [0.15, 0.2) is 61.2 Å². The first kappa shape index (κ1) is 17.9. The molecule has 0 saturated heterocycles. The number of carbonyl (C=O) groups excluding carboxylic acids is 1. The Kier molecular flexibility index (Phi) is 4.65. The summed E-state index contributed by atoms with van der Waals surface area (Å²) in [5.41, 5.74) is 2.99. The Morgan fingerprint density at radius 3 is 2.86 bits per heavy atom.